The van der Waals surface area contributed by atoms with E-state index in [4.69, 9.17) is 11.2 Å². The lowest BCUT2D eigenvalue weighted by molar-refractivity contribution is 0.102. The van der Waals surface area contributed by atoms with E-state index in [-0.39, 0.29) is 5.91 Å². The molecule has 2 aromatic carbocycles. The quantitative estimate of drug-likeness (QED) is 0.858. The minimum absolute atomic E-state index is 0.161. The van der Waals surface area contributed by atoms with E-state index in [9.17, 15) is 4.79 Å². The molecule has 116 valence electrons. The average molecular weight is 305 g/mol. The van der Waals surface area contributed by atoms with Crippen molar-refractivity contribution in [2.24, 2.45) is 0 Å². The summed E-state index contributed by atoms with van der Waals surface area (Å²) < 4.78 is 5.90. The number of hydrogen-bond donors (Lipinski definition) is 1. The van der Waals surface area contributed by atoms with Gasteiger partial charge in [-0.3, -0.25) is 4.79 Å². The number of ether oxygens (including phenoxy) is 1. The molecular formula is C20H19NO2. The molecule has 3 heteroatoms. The molecule has 0 aliphatic heterocycles. The fraction of sp³-hybridized carbons (Fsp3) is 0.250. The summed E-state index contributed by atoms with van der Waals surface area (Å²) in [7, 11) is 0. The van der Waals surface area contributed by atoms with Gasteiger partial charge in [-0.2, -0.15) is 0 Å². The predicted molar refractivity (Wildman–Crippen MR) is 91.7 cm³/mol. The van der Waals surface area contributed by atoms with Crippen molar-refractivity contribution in [2.45, 2.75) is 31.8 Å². The number of benzene rings is 2. The number of hydrogen-bond acceptors (Lipinski definition) is 2. The van der Waals surface area contributed by atoms with Crippen LogP contribution in [0.3, 0.4) is 0 Å². The fourth-order valence-electron chi connectivity index (χ4n) is 2.77. The molecule has 0 saturated heterocycles. The second-order valence-electron chi connectivity index (χ2n) is 5.73. The van der Waals surface area contributed by atoms with Crippen LogP contribution in [0.1, 0.15) is 41.6 Å². The molecule has 1 fully saturated rings. The normalized spacial score (nSPS) is 14.2. The lowest BCUT2D eigenvalue weighted by Gasteiger charge is -2.13. The van der Waals surface area contributed by atoms with Gasteiger partial charge in [0.2, 0.25) is 0 Å². The number of terminal acetylenes is 1. The smallest absolute Gasteiger partial charge is 0.255 e. The number of amides is 1. The van der Waals surface area contributed by atoms with Gasteiger partial charge < -0.3 is 10.1 Å². The van der Waals surface area contributed by atoms with E-state index in [2.05, 4.69) is 11.2 Å². The Labute approximate surface area is 136 Å². The van der Waals surface area contributed by atoms with E-state index < -0.39 is 0 Å². The first kappa shape index (κ1) is 15.2. The Balaban J connectivity index is 1.64. The number of carbonyl (C=O) groups is 1. The van der Waals surface area contributed by atoms with Gasteiger partial charge in [0.05, 0.1) is 6.10 Å². The van der Waals surface area contributed by atoms with E-state index >= 15 is 0 Å². The molecule has 0 atom stereocenters. The van der Waals surface area contributed by atoms with Crippen LogP contribution in [0.5, 0.6) is 5.75 Å². The van der Waals surface area contributed by atoms with Gasteiger partial charge in [-0.05, 0) is 68.1 Å². The summed E-state index contributed by atoms with van der Waals surface area (Å²) in [4.78, 5) is 12.3. The van der Waals surface area contributed by atoms with E-state index in [1.54, 1.807) is 18.2 Å². The van der Waals surface area contributed by atoms with Crippen molar-refractivity contribution < 1.29 is 9.53 Å². The molecule has 0 radical (unpaired) electrons. The van der Waals surface area contributed by atoms with Crippen LogP contribution in [-0.4, -0.2) is 12.0 Å². The Bertz CT molecular complexity index is 722. The Kier molecular flexibility index (Phi) is 4.63. The van der Waals surface area contributed by atoms with Crippen molar-refractivity contribution in [1.29, 1.82) is 0 Å². The van der Waals surface area contributed by atoms with Crippen LogP contribution in [0, 0.1) is 12.3 Å². The Morgan fingerprint density at radius 3 is 2.57 bits per heavy atom. The van der Waals surface area contributed by atoms with Crippen LogP contribution in [0.25, 0.3) is 0 Å². The molecule has 0 bridgehead atoms. The summed E-state index contributed by atoms with van der Waals surface area (Å²) in [5.74, 6) is 3.22. The highest BCUT2D eigenvalue weighted by molar-refractivity contribution is 6.04. The molecule has 1 aliphatic rings. The average Bonchev–Trinajstić information content (AvgIpc) is 3.08. The number of rotatable bonds is 4. The van der Waals surface area contributed by atoms with Gasteiger partial charge in [-0.25, -0.2) is 0 Å². The van der Waals surface area contributed by atoms with Gasteiger partial charge in [0, 0.05) is 16.8 Å². The molecule has 0 heterocycles. The van der Waals surface area contributed by atoms with Crippen LogP contribution >= 0.6 is 0 Å². The SMILES string of the molecule is C#Cc1cccc(NC(=O)c2ccc(OC3CCCC3)cc2)c1. The van der Waals surface area contributed by atoms with Gasteiger partial charge >= 0.3 is 0 Å². The molecule has 0 spiro atoms. The van der Waals surface area contributed by atoms with Crippen LogP contribution in [0.4, 0.5) is 5.69 Å². The van der Waals surface area contributed by atoms with Gasteiger partial charge in [-0.15, -0.1) is 6.42 Å². The van der Waals surface area contributed by atoms with Gasteiger partial charge in [0.1, 0.15) is 5.75 Å². The maximum absolute atomic E-state index is 12.3. The summed E-state index contributed by atoms with van der Waals surface area (Å²) in [6.07, 6.45) is 10.4. The van der Waals surface area contributed by atoms with Crippen molar-refractivity contribution in [3.63, 3.8) is 0 Å². The third kappa shape index (κ3) is 3.92. The lowest BCUT2D eigenvalue weighted by atomic mass is 10.1. The van der Waals surface area contributed by atoms with Crippen LogP contribution < -0.4 is 10.1 Å². The van der Waals surface area contributed by atoms with Crippen LogP contribution in [-0.2, 0) is 0 Å². The molecule has 1 aliphatic carbocycles. The summed E-state index contributed by atoms with van der Waals surface area (Å²) in [6, 6.07) is 14.5. The molecule has 23 heavy (non-hydrogen) atoms. The van der Waals surface area contributed by atoms with Crippen molar-refractivity contribution in [1.82, 2.24) is 0 Å². The zero-order valence-electron chi connectivity index (χ0n) is 12.9. The first-order valence-corrected chi connectivity index (χ1v) is 7.89. The second kappa shape index (κ2) is 7.02. The molecule has 3 rings (SSSR count). The minimum Gasteiger partial charge on any atom is -0.490 e. The Morgan fingerprint density at radius 1 is 1.13 bits per heavy atom. The van der Waals surface area contributed by atoms with E-state index in [1.807, 2.05) is 30.3 Å². The van der Waals surface area contributed by atoms with E-state index in [1.165, 1.54) is 12.8 Å². The first-order valence-electron chi connectivity index (χ1n) is 7.89. The number of carbonyl (C=O) groups excluding carboxylic acids is 1. The van der Waals surface area contributed by atoms with Crippen LogP contribution in [0.15, 0.2) is 48.5 Å². The zero-order chi connectivity index (χ0) is 16.1. The summed E-state index contributed by atoms with van der Waals surface area (Å²) in [6.45, 7) is 0. The van der Waals surface area contributed by atoms with Crippen LogP contribution in [0.2, 0.25) is 0 Å². The molecule has 1 saturated carbocycles. The molecule has 1 amide bonds. The number of nitrogens with one attached hydrogen (secondary N) is 1. The lowest BCUT2D eigenvalue weighted by Crippen LogP contribution is -2.13. The van der Waals surface area contributed by atoms with Crippen molar-refractivity contribution in [3.05, 3.63) is 59.7 Å². The van der Waals surface area contributed by atoms with Crippen molar-refractivity contribution >= 4 is 11.6 Å². The third-order valence-corrected chi connectivity index (χ3v) is 4.01. The highest BCUT2D eigenvalue weighted by Crippen LogP contribution is 2.24. The topological polar surface area (TPSA) is 38.3 Å². The molecular weight excluding hydrogens is 286 g/mol. The maximum atomic E-state index is 12.3. The highest BCUT2D eigenvalue weighted by atomic mass is 16.5. The Hall–Kier alpha value is -2.73. The van der Waals surface area contributed by atoms with Gasteiger partial charge in [0.15, 0.2) is 0 Å². The van der Waals surface area contributed by atoms with Crippen molar-refractivity contribution in [3.8, 4) is 18.1 Å². The third-order valence-electron chi connectivity index (χ3n) is 4.01. The first-order chi connectivity index (χ1) is 11.2. The zero-order valence-corrected chi connectivity index (χ0v) is 12.9. The molecule has 0 aromatic heterocycles. The predicted octanol–water partition coefficient (Wildman–Crippen LogP) is 4.24. The fourth-order valence-corrected chi connectivity index (χ4v) is 2.77. The second-order valence-corrected chi connectivity index (χ2v) is 5.73. The summed E-state index contributed by atoms with van der Waals surface area (Å²) in [5.41, 5.74) is 2.02. The van der Waals surface area contributed by atoms with E-state index in [0.717, 1.165) is 24.2 Å². The monoisotopic (exact) mass is 305 g/mol. The summed E-state index contributed by atoms with van der Waals surface area (Å²) >= 11 is 0. The highest BCUT2D eigenvalue weighted by Gasteiger charge is 2.16. The molecule has 3 nitrogen and oxygen atoms in total. The van der Waals surface area contributed by atoms with Gasteiger partial charge in [0.25, 0.3) is 5.91 Å². The molecule has 2 aromatic rings. The van der Waals surface area contributed by atoms with Gasteiger partial charge in [-0.1, -0.05) is 12.0 Å². The van der Waals surface area contributed by atoms with Crippen molar-refractivity contribution in [2.75, 3.05) is 5.32 Å². The molecule has 1 N–H and O–H groups in total. The molecule has 0 unspecified atom stereocenters. The Morgan fingerprint density at radius 2 is 1.87 bits per heavy atom. The largest absolute Gasteiger partial charge is 0.490 e. The standard InChI is InChI=1S/C20H19NO2/c1-2-15-6-5-7-17(14-15)21-20(22)16-10-12-19(13-11-16)23-18-8-3-4-9-18/h1,5-7,10-14,18H,3-4,8-9H2,(H,21,22). The minimum atomic E-state index is -0.161. The maximum Gasteiger partial charge on any atom is 0.255 e. The summed E-state index contributed by atoms with van der Waals surface area (Å²) in [5, 5.41) is 2.85. The number of anilines is 1. The van der Waals surface area contributed by atoms with E-state index in [0.29, 0.717) is 17.4 Å².